The normalized spacial score (nSPS) is 8.64. The minimum absolute atomic E-state index is 0. The molecule has 0 aromatic rings. The van der Waals surface area contributed by atoms with E-state index in [0.29, 0.717) is 6.54 Å². The molecule has 11 heavy (non-hydrogen) atoms. The SMILES string of the molecule is CCN(CC)C(=O)CNC.Cl. The first-order chi connectivity index (χ1) is 4.76. The first-order valence-electron chi connectivity index (χ1n) is 3.68. The fourth-order valence-electron chi connectivity index (χ4n) is 0.839. The molecule has 0 saturated carbocycles. The summed E-state index contributed by atoms with van der Waals surface area (Å²) in [6.45, 7) is 6.02. The Morgan fingerprint density at radius 1 is 1.36 bits per heavy atom. The average Bonchev–Trinajstić information content (AvgIpc) is 1.91. The van der Waals surface area contributed by atoms with Crippen LogP contribution in [0.3, 0.4) is 0 Å². The largest absolute Gasteiger partial charge is 0.342 e. The van der Waals surface area contributed by atoms with Gasteiger partial charge in [-0.05, 0) is 20.9 Å². The molecule has 1 amide bonds. The first-order valence-corrected chi connectivity index (χ1v) is 3.68. The van der Waals surface area contributed by atoms with Gasteiger partial charge in [0.25, 0.3) is 0 Å². The molecule has 0 radical (unpaired) electrons. The number of rotatable bonds is 4. The van der Waals surface area contributed by atoms with Crippen molar-refractivity contribution in [2.24, 2.45) is 0 Å². The van der Waals surface area contributed by atoms with Crippen molar-refractivity contribution in [1.29, 1.82) is 0 Å². The lowest BCUT2D eigenvalue weighted by molar-refractivity contribution is -0.129. The van der Waals surface area contributed by atoms with E-state index in [1.54, 1.807) is 11.9 Å². The Balaban J connectivity index is 0. The van der Waals surface area contributed by atoms with Crippen LogP contribution in [0.4, 0.5) is 0 Å². The Morgan fingerprint density at radius 2 is 1.82 bits per heavy atom. The van der Waals surface area contributed by atoms with Gasteiger partial charge >= 0.3 is 0 Å². The highest BCUT2D eigenvalue weighted by molar-refractivity contribution is 5.85. The van der Waals surface area contributed by atoms with Gasteiger partial charge in [0.15, 0.2) is 0 Å². The van der Waals surface area contributed by atoms with Crippen LogP contribution in [0.25, 0.3) is 0 Å². The van der Waals surface area contributed by atoms with Crippen LogP contribution in [0, 0.1) is 0 Å². The molecule has 0 fully saturated rings. The van der Waals surface area contributed by atoms with Crippen LogP contribution in [0.5, 0.6) is 0 Å². The topological polar surface area (TPSA) is 32.3 Å². The van der Waals surface area contributed by atoms with Crippen LogP contribution in [0.15, 0.2) is 0 Å². The van der Waals surface area contributed by atoms with E-state index in [0.717, 1.165) is 13.1 Å². The zero-order valence-corrected chi connectivity index (χ0v) is 8.20. The molecule has 0 saturated heterocycles. The summed E-state index contributed by atoms with van der Waals surface area (Å²) < 4.78 is 0. The maximum atomic E-state index is 11.1. The van der Waals surface area contributed by atoms with Crippen molar-refractivity contribution in [2.75, 3.05) is 26.7 Å². The highest BCUT2D eigenvalue weighted by atomic mass is 35.5. The van der Waals surface area contributed by atoms with E-state index in [2.05, 4.69) is 5.32 Å². The van der Waals surface area contributed by atoms with Crippen molar-refractivity contribution in [1.82, 2.24) is 10.2 Å². The van der Waals surface area contributed by atoms with E-state index in [-0.39, 0.29) is 18.3 Å². The number of halogens is 1. The smallest absolute Gasteiger partial charge is 0.236 e. The number of likely N-dealkylation sites (N-methyl/N-ethyl adjacent to an activating group) is 2. The van der Waals surface area contributed by atoms with Crippen molar-refractivity contribution in [3.63, 3.8) is 0 Å². The van der Waals surface area contributed by atoms with Crippen LogP contribution in [-0.2, 0) is 4.79 Å². The third-order valence-corrected chi connectivity index (χ3v) is 1.44. The van der Waals surface area contributed by atoms with Gasteiger partial charge in [-0.2, -0.15) is 0 Å². The van der Waals surface area contributed by atoms with E-state index >= 15 is 0 Å². The van der Waals surface area contributed by atoms with Crippen LogP contribution >= 0.6 is 12.4 Å². The number of nitrogens with zero attached hydrogens (tertiary/aromatic N) is 1. The maximum Gasteiger partial charge on any atom is 0.236 e. The van der Waals surface area contributed by atoms with Gasteiger partial charge < -0.3 is 10.2 Å². The Morgan fingerprint density at radius 3 is 2.09 bits per heavy atom. The summed E-state index contributed by atoms with van der Waals surface area (Å²) in [7, 11) is 1.78. The number of hydrogen-bond acceptors (Lipinski definition) is 2. The van der Waals surface area contributed by atoms with Crippen LogP contribution in [0.1, 0.15) is 13.8 Å². The molecule has 0 bridgehead atoms. The zero-order chi connectivity index (χ0) is 7.98. The van der Waals surface area contributed by atoms with Gasteiger partial charge in [0, 0.05) is 13.1 Å². The van der Waals surface area contributed by atoms with Gasteiger partial charge in [-0.15, -0.1) is 12.4 Å². The quantitative estimate of drug-likeness (QED) is 0.684. The third-order valence-electron chi connectivity index (χ3n) is 1.44. The van der Waals surface area contributed by atoms with Crippen LogP contribution in [0.2, 0.25) is 0 Å². The number of carbonyl (C=O) groups excluding carboxylic acids is 1. The van der Waals surface area contributed by atoms with E-state index in [9.17, 15) is 4.79 Å². The first kappa shape index (κ1) is 13.3. The van der Waals surface area contributed by atoms with Gasteiger partial charge in [-0.1, -0.05) is 0 Å². The predicted molar refractivity (Wildman–Crippen MR) is 49.1 cm³/mol. The number of nitrogens with one attached hydrogen (secondary N) is 1. The third kappa shape index (κ3) is 5.04. The van der Waals surface area contributed by atoms with Gasteiger partial charge in [0.1, 0.15) is 0 Å². The summed E-state index contributed by atoms with van der Waals surface area (Å²) in [5.74, 6) is 0.174. The standard InChI is InChI=1S/C7H16N2O.ClH/c1-4-9(5-2)7(10)6-8-3;/h8H,4-6H2,1-3H3;1H. The van der Waals surface area contributed by atoms with Crippen molar-refractivity contribution in [2.45, 2.75) is 13.8 Å². The molecule has 0 aliphatic heterocycles. The van der Waals surface area contributed by atoms with Gasteiger partial charge in [0.2, 0.25) is 5.91 Å². The van der Waals surface area contributed by atoms with E-state index in [1.165, 1.54) is 0 Å². The summed E-state index contributed by atoms with van der Waals surface area (Å²) in [5, 5.41) is 2.83. The van der Waals surface area contributed by atoms with Crippen molar-refractivity contribution < 1.29 is 4.79 Å². The lowest BCUT2D eigenvalue weighted by Gasteiger charge is -2.17. The predicted octanol–water partition coefficient (Wildman–Crippen LogP) is 0.496. The van der Waals surface area contributed by atoms with E-state index in [4.69, 9.17) is 0 Å². The molecule has 0 atom stereocenters. The minimum Gasteiger partial charge on any atom is -0.342 e. The molecule has 3 nitrogen and oxygen atoms in total. The molecule has 0 aliphatic carbocycles. The zero-order valence-electron chi connectivity index (χ0n) is 7.39. The van der Waals surface area contributed by atoms with E-state index in [1.807, 2.05) is 13.8 Å². The van der Waals surface area contributed by atoms with Gasteiger partial charge in [0.05, 0.1) is 6.54 Å². The molecule has 0 aliphatic rings. The second kappa shape index (κ2) is 7.82. The molecule has 0 unspecified atom stereocenters. The fraction of sp³-hybridized carbons (Fsp3) is 0.857. The maximum absolute atomic E-state index is 11.1. The number of carbonyl (C=O) groups is 1. The van der Waals surface area contributed by atoms with Gasteiger partial charge in [-0.25, -0.2) is 0 Å². The second-order valence-corrected chi connectivity index (χ2v) is 2.10. The highest BCUT2D eigenvalue weighted by Crippen LogP contribution is 1.85. The molecule has 0 rings (SSSR count). The highest BCUT2D eigenvalue weighted by Gasteiger charge is 2.05. The van der Waals surface area contributed by atoms with Crippen molar-refractivity contribution in [3.05, 3.63) is 0 Å². The number of hydrogen-bond donors (Lipinski definition) is 1. The summed E-state index contributed by atoms with van der Waals surface area (Å²) in [4.78, 5) is 12.9. The molecule has 4 heteroatoms. The molecule has 68 valence electrons. The monoisotopic (exact) mass is 180 g/mol. The fourth-order valence-corrected chi connectivity index (χ4v) is 0.839. The Kier molecular flexibility index (Phi) is 9.47. The molecule has 0 aromatic carbocycles. The Hall–Kier alpha value is -0.280. The van der Waals surface area contributed by atoms with Crippen LogP contribution in [-0.4, -0.2) is 37.5 Å². The van der Waals surface area contributed by atoms with Gasteiger partial charge in [-0.3, -0.25) is 4.79 Å². The molecule has 1 N–H and O–H groups in total. The molecular formula is C7H17ClN2O. The minimum atomic E-state index is 0. The summed E-state index contributed by atoms with van der Waals surface area (Å²) in [6, 6.07) is 0. The van der Waals surface area contributed by atoms with Crippen molar-refractivity contribution >= 4 is 18.3 Å². The van der Waals surface area contributed by atoms with E-state index < -0.39 is 0 Å². The molecular weight excluding hydrogens is 164 g/mol. The summed E-state index contributed by atoms with van der Waals surface area (Å²) in [6.07, 6.45) is 0. The Bertz CT molecular complexity index is 105. The lowest BCUT2D eigenvalue weighted by atomic mass is 10.4. The van der Waals surface area contributed by atoms with Crippen LogP contribution < -0.4 is 5.32 Å². The number of amides is 1. The summed E-state index contributed by atoms with van der Waals surface area (Å²) in [5.41, 5.74) is 0. The summed E-state index contributed by atoms with van der Waals surface area (Å²) >= 11 is 0. The Labute approximate surface area is 74.6 Å². The molecule has 0 heterocycles. The molecule has 0 aromatic heterocycles. The second-order valence-electron chi connectivity index (χ2n) is 2.10. The average molecular weight is 181 g/mol. The molecule has 0 spiro atoms. The lowest BCUT2D eigenvalue weighted by Crippen LogP contribution is -2.36. The van der Waals surface area contributed by atoms with Crippen molar-refractivity contribution in [3.8, 4) is 0 Å².